The summed E-state index contributed by atoms with van der Waals surface area (Å²) in [6.07, 6.45) is 0. The number of benzene rings is 1. The van der Waals surface area contributed by atoms with Crippen LogP contribution in [0.15, 0.2) is 12.1 Å². The van der Waals surface area contributed by atoms with Crippen LogP contribution in [-0.4, -0.2) is 13.2 Å². The van der Waals surface area contributed by atoms with Crippen molar-refractivity contribution in [3.63, 3.8) is 0 Å². The lowest BCUT2D eigenvalue weighted by Crippen LogP contribution is -2.10. The summed E-state index contributed by atoms with van der Waals surface area (Å²) >= 11 is 6.00. The zero-order valence-electron chi connectivity index (χ0n) is 8.34. The van der Waals surface area contributed by atoms with Crippen molar-refractivity contribution in [2.45, 2.75) is 13.8 Å². The molecule has 4 heteroatoms. The highest BCUT2D eigenvalue weighted by Crippen LogP contribution is 2.25. The van der Waals surface area contributed by atoms with E-state index < -0.39 is 0 Å². The summed E-state index contributed by atoms with van der Waals surface area (Å²) in [4.78, 5) is 0. The molecule has 2 N–H and O–H groups in total. The predicted octanol–water partition coefficient (Wildman–Crippen LogP) is 2.72. The summed E-state index contributed by atoms with van der Waals surface area (Å²) in [6, 6.07) is 3.84. The van der Waals surface area contributed by atoms with Crippen LogP contribution in [0.5, 0.6) is 5.75 Å². The first-order valence-electron chi connectivity index (χ1n) is 4.24. The SMILES string of the molecule is Cc1cc(OCCN)cc(C)c1Cl.Cl. The normalized spacial score (nSPS) is 9.43. The molecule has 1 rings (SSSR count). The maximum atomic E-state index is 6.00. The van der Waals surface area contributed by atoms with Crippen LogP contribution in [0.4, 0.5) is 0 Å². The Kier molecular flexibility index (Phi) is 5.93. The summed E-state index contributed by atoms with van der Waals surface area (Å²) < 4.78 is 5.39. The second-order valence-electron chi connectivity index (χ2n) is 3.01. The first-order chi connectivity index (χ1) is 6.15. The minimum Gasteiger partial charge on any atom is -0.492 e. The third-order valence-corrected chi connectivity index (χ3v) is 2.39. The van der Waals surface area contributed by atoms with Gasteiger partial charge in [0.25, 0.3) is 0 Å². The van der Waals surface area contributed by atoms with Gasteiger partial charge in [0, 0.05) is 11.6 Å². The van der Waals surface area contributed by atoms with E-state index in [1.165, 1.54) is 0 Å². The van der Waals surface area contributed by atoms with Gasteiger partial charge in [0.1, 0.15) is 12.4 Å². The van der Waals surface area contributed by atoms with Crippen LogP contribution >= 0.6 is 24.0 Å². The molecule has 0 heterocycles. The summed E-state index contributed by atoms with van der Waals surface area (Å²) in [5.41, 5.74) is 7.40. The van der Waals surface area contributed by atoms with E-state index in [1.807, 2.05) is 26.0 Å². The monoisotopic (exact) mass is 235 g/mol. The van der Waals surface area contributed by atoms with Crippen LogP contribution in [0, 0.1) is 13.8 Å². The molecule has 0 fully saturated rings. The summed E-state index contributed by atoms with van der Waals surface area (Å²) in [5, 5.41) is 0.806. The van der Waals surface area contributed by atoms with Crippen molar-refractivity contribution in [1.29, 1.82) is 0 Å². The van der Waals surface area contributed by atoms with Crippen LogP contribution < -0.4 is 10.5 Å². The lowest BCUT2D eigenvalue weighted by molar-refractivity contribution is 0.328. The van der Waals surface area contributed by atoms with Gasteiger partial charge in [-0.1, -0.05) is 11.6 Å². The Hall–Kier alpha value is -0.440. The molecule has 14 heavy (non-hydrogen) atoms. The van der Waals surface area contributed by atoms with Gasteiger partial charge in [-0.25, -0.2) is 0 Å². The number of ether oxygens (including phenoxy) is 1. The van der Waals surface area contributed by atoms with Gasteiger partial charge in [0.05, 0.1) is 0 Å². The third-order valence-electron chi connectivity index (χ3n) is 1.80. The molecule has 0 aromatic heterocycles. The quantitative estimate of drug-likeness (QED) is 0.875. The van der Waals surface area contributed by atoms with Crippen LogP contribution in [0.25, 0.3) is 0 Å². The van der Waals surface area contributed by atoms with Crippen molar-refractivity contribution >= 4 is 24.0 Å². The number of nitrogens with two attached hydrogens (primary N) is 1. The molecule has 0 spiro atoms. The van der Waals surface area contributed by atoms with Crippen LogP contribution in [0.2, 0.25) is 5.02 Å². The molecule has 0 amide bonds. The number of hydrogen-bond acceptors (Lipinski definition) is 2. The third kappa shape index (κ3) is 3.37. The van der Waals surface area contributed by atoms with Crippen LogP contribution in [0.3, 0.4) is 0 Å². The van der Waals surface area contributed by atoms with Crippen LogP contribution in [-0.2, 0) is 0 Å². The lowest BCUT2D eigenvalue weighted by Gasteiger charge is -2.08. The van der Waals surface area contributed by atoms with Gasteiger partial charge in [-0.2, -0.15) is 0 Å². The highest BCUT2D eigenvalue weighted by atomic mass is 35.5. The Bertz CT molecular complexity index is 279. The molecular formula is C10H15Cl2NO. The minimum absolute atomic E-state index is 0. The fraction of sp³-hybridized carbons (Fsp3) is 0.400. The Balaban J connectivity index is 0.00000169. The van der Waals surface area contributed by atoms with E-state index in [2.05, 4.69) is 0 Å². The number of halogens is 2. The molecule has 1 aromatic rings. The van der Waals surface area contributed by atoms with E-state index in [-0.39, 0.29) is 12.4 Å². The van der Waals surface area contributed by atoms with Gasteiger partial charge < -0.3 is 10.5 Å². The Morgan fingerprint density at radius 2 is 1.79 bits per heavy atom. The Labute approximate surface area is 95.8 Å². The Morgan fingerprint density at radius 1 is 1.29 bits per heavy atom. The molecule has 0 saturated carbocycles. The van der Waals surface area contributed by atoms with Gasteiger partial charge in [-0.05, 0) is 37.1 Å². The van der Waals surface area contributed by atoms with E-state index in [1.54, 1.807) is 0 Å². The number of hydrogen-bond donors (Lipinski definition) is 1. The van der Waals surface area contributed by atoms with E-state index in [0.29, 0.717) is 13.2 Å². The molecular weight excluding hydrogens is 221 g/mol. The highest BCUT2D eigenvalue weighted by molar-refractivity contribution is 6.32. The van der Waals surface area contributed by atoms with Gasteiger partial charge in [0.2, 0.25) is 0 Å². The molecule has 0 atom stereocenters. The van der Waals surface area contributed by atoms with E-state index in [4.69, 9.17) is 22.1 Å². The molecule has 0 radical (unpaired) electrons. The van der Waals surface area contributed by atoms with Crippen molar-refractivity contribution in [3.8, 4) is 5.75 Å². The predicted molar refractivity (Wildman–Crippen MR) is 62.7 cm³/mol. The summed E-state index contributed by atoms with van der Waals surface area (Å²) in [5.74, 6) is 0.838. The van der Waals surface area contributed by atoms with Gasteiger partial charge in [0.15, 0.2) is 0 Å². The summed E-state index contributed by atoms with van der Waals surface area (Å²) in [6.45, 7) is 5.00. The standard InChI is InChI=1S/C10H14ClNO.ClH/c1-7-5-9(13-4-3-12)6-8(2)10(7)11;/h5-6H,3-4,12H2,1-2H3;1H. The molecule has 80 valence electrons. The molecule has 0 aliphatic carbocycles. The molecule has 0 unspecified atom stereocenters. The van der Waals surface area contributed by atoms with Crippen molar-refractivity contribution in [3.05, 3.63) is 28.3 Å². The van der Waals surface area contributed by atoms with E-state index in [0.717, 1.165) is 21.9 Å². The molecule has 2 nitrogen and oxygen atoms in total. The topological polar surface area (TPSA) is 35.2 Å². The fourth-order valence-corrected chi connectivity index (χ4v) is 1.28. The molecule has 0 aliphatic heterocycles. The fourth-order valence-electron chi connectivity index (χ4n) is 1.17. The molecule has 0 aliphatic rings. The number of rotatable bonds is 3. The van der Waals surface area contributed by atoms with Crippen molar-refractivity contribution in [2.24, 2.45) is 5.73 Å². The van der Waals surface area contributed by atoms with Crippen molar-refractivity contribution in [2.75, 3.05) is 13.2 Å². The largest absolute Gasteiger partial charge is 0.492 e. The van der Waals surface area contributed by atoms with E-state index in [9.17, 15) is 0 Å². The smallest absolute Gasteiger partial charge is 0.119 e. The molecule has 0 bridgehead atoms. The first kappa shape index (κ1) is 13.6. The van der Waals surface area contributed by atoms with Gasteiger partial charge in [-0.3, -0.25) is 0 Å². The minimum atomic E-state index is 0. The second kappa shape index (κ2) is 6.12. The van der Waals surface area contributed by atoms with Crippen LogP contribution in [0.1, 0.15) is 11.1 Å². The van der Waals surface area contributed by atoms with Gasteiger partial charge >= 0.3 is 0 Å². The van der Waals surface area contributed by atoms with E-state index >= 15 is 0 Å². The highest BCUT2D eigenvalue weighted by Gasteiger charge is 2.02. The summed E-state index contributed by atoms with van der Waals surface area (Å²) in [7, 11) is 0. The average Bonchev–Trinajstić information content (AvgIpc) is 2.10. The zero-order valence-corrected chi connectivity index (χ0v) is 9.91. The zero-order chi connectivity index (χ0) is 9.84. The molecule has 0 saturated heterocycles. The maximum absolute atomic E-state index is 6.00. The van der Waals surface area contributed by atoms with Gasteiger partial charge in [-0.15, -0.1) is 12.4 Å². The Morgan fingerprint density at radius 3 is 2.21 bits per heavy atom. The maximum Gasteiger partial charge on any atom is 0.119 e. The average molecular weight is 236 g/mol. The molecule has 1 aromatic carbocycles. The first-order valence-corrected chi connectivity index (χ1v) is 4.62. The lowest BCUT2D eigenvalue weighted by atomic mass is 10.1. The van der Waals surface area contributed by atoms with Crippen molar-refractivity contribution < 1.29 is 4.74 Å². The number of aryl methyl sites for hydroxylation is 2. The second-order valence-corrected chi connectivity index (χ2v) is 3.39. The van der Waals surface area contributed by atoms with Crippen molar-refractivity contribution in [1.82, 2.24) is 0 Å².